The summed E-state index contributed by atoms with van der Waals surface area (Å²) in [5.41, 5.74) is 2.66. The summed E-state index contributed by atoms with van der Waals surface area (Å²) in [6, 6.07) is 13.5. The third-order valence-corrected chi connectivity index (χ3v) is 4.25. The van der Waals surface area contributed by atoms with E-state index in [9.17, 15) is 14.9 Å². The topological polar surface area (TPSA) is 135 Å². The maximum absolute atomic E-state index is 11.7. The number of carbonyl (C=O) groups excluding carboxylic acids is 1. The van der Waals surface area contributed by atoms with E-state index in [-0.39, 0.29) is 12.3 Å². The quantitative estimate of drug-likeness (QED) is 0.338. The van der Waals surface area contributed by atoms with Gasteiger partial charge in [-0.3, -0.25) is 20.0 Å². The van der Waals surface area contributed by atoms with Gasteiger partial charge in [0.25, 0.3) is 11.6 Å². The summed E-state index contributed by atoms with van der Waals surface area (Å²) in [6.07, 6.45) is 2.63. The van der Waals surface area contributed by atoms with Crippen molar-refractivity contribution in [2.75, 3.05) is 6.61 Å². The number of hydrogen-bond acceptors (Lipinski definition) is 8. The number of carbonyl (C=O) groups is 1. The van der Waals surface area contributed by atoms with Crippen molar-refractivity contribution in [1.29, 1.82) is 0 Å². The Labute approximate surface area is 163 Å². The maximum Gasteiger partial charge on any atom is 0.283 e. The van der Waals surface area contributed by atoms with E-state index in [2.05, 4.69) is 25.7 Å². The number of rotatable bonds is 8. The molecule has 0 aliphatic carbocycles. The second-order valence-electron chi connectivity index (χ2n) is 5.27. The van der Waals surface area contributed by atoms with Gasteiger partial charge in [0, 0.05) is 11.6 Å². The molecule has 0 aliphatic heterocycles. The smallest absolute Gasteiger partial charge is 0.283 e. The highest BCUT2D eigenvalue weighted by Gasteiger charge is 2.16. The van der Waals surface area contributed by atoms with Gasteiger partial charge in [-0.25, -0.2) is 10.4 Å². The zero-order valence-electron chi connectivity index (χ0n) is 14.3. The molecule has 3 aromatic rings. The van der Waals surface area contributed by atoms with Gasteiger partial charge in [-0.05, 0) is 30.0 Å². The molecule has 0 saturated carbocycles. The molecule has 0 fully saturated rings. The van der Waals surface area contributed by atoms with E-state index in [1.807, 2.05) is 6.07 Å². The number of aromatic amines is 1. The molecule has 1 aromatic heterocycles. The molecule has 1 amide bonds. The Morgan fingerprint density at radius 1 is 1.32 bits per heavy atom. The number of nitrogens with zero attached hydrogens (tertiary/aromatic N) is 4. The molecular formula is C17H14N6O4S. The summed E-state index contributed by atoms with van der Waals surface area (Å²) in [5.74, 6) is 0.115. The summed E-state index contributed by atoms with van der Waals surface area (Å²) >= 11 is 1.09. The molecule has 11 heteroatoms. The van der Waals surface area contributed by atoms with Gasteiger partial charge in [-0.2, -0.15) is 10.2 Å². The van der Waals surface area contributed by atoms with Gasteiger partial charge in [0.05, 0.1) is 16.0 Å². The summed E-state index contributed by atoms with van der Waals surface area (Å²) in [5, 5.41) is 21.9. The lowest BCUT2D eigenvalue weighted by molar-refractivity contribution is -0.387. The molecule has 0 bridgehead atoms. The highest BCUT2D eigenvalue weighted by Crippen LogP contribution is 2.33. The predicted molar refractivity (Wildman–Crippen MR) is 101 cm³/mol. The zero-order valence-corrected chi connectivity index (χ0v) is 15.1. The second-order valence-corrected chi connectivity index (χ2v) is 6.30. The van der Waals surface area contributed by atoms with Gasteiger partial charge in [-0.1, -0.05) is 24.3 Å². The van der Waals surface area contributed by atoms with Gasteiger partial charge >= 0.3 is 0 Å². The fraction of sp³-hybridized carbons (Fsp3) is 0.0588. The third-order valence-electron chi connectivity index (χ3n) is 3.30. The predicted octanol–water partition coefficient (Wildman–Crippen LogP) is 2.39. The molecule has 0 atom stereocenters. The fourth-order valence-electron chi connectivity index (χ4n) is 2.07. The van der Waals surface area contributed by atoms with Crippen LogP contribution in [-0.4, -0.2) is 38.8 Å². The number of amides is 1. The Hall–Kier alpha value is -3.73. The summed E-state index contributed by atoms with van der Waals surface area (Å²) in [7, 11) is 0. The van der Waals surface area contributed by atoms with Crippen molar-refractivity contribution in [1.82, 2.24) is 20.6 Å². The van der Waals surface area contributed by atoms with Crippen molar-refractivity contribution in [2.24, 2.45) is 5.10 Å². The Morgan fingerprint density at radius 3 is 2.86 bits per heavy atom. The first-order valence-corrected chi connectivity index (χ1v) is 8.75. The normalized spacial score (nSPS) is 10.7. The number of hydrogen-bond donors (Lipinski definition) is 2. The summed E-state index contributed by atoms with van der Waals surface area (Å²) < 4.78 is 5.29. The van der Waals surface area contributed by atoms with Crippen LogP contribution >= 0.6 is 11.8 Å². The molecule has 1 heterocycles. The number of nitro groups is 1. The molecule has 3 rings (SSSR count). The fourth-order valence-corrected chi connectivity index (χ4v) is 2.85. The van der Waals surface area contributed by atoms with Crippen molar-refractivity contribution < 1.29 is 14.5 Å². The van der Waals surface area contributed by atoms with Crippen molar-refractivity contribution in [2.45, 2.75) is 10.1 Å². The number of para-hydroxylation sites is 1. The van der Waals surface area contributed by atoms with E-state index in [0.29, 0.717) is 21.4 Å². The average Bonchev–Trinajstić information content (AvgIpc) is 3.21. The largest absolute Gasteiger partial charge is 0.484 e. The van der Waals surface area contributed by atoms with Crippen LogP contribution in [0, 0.1) is 10.1 Å². The van der Waals surface area contributed by atoms with Crippen LogP contribution in [-0.2, 0) is 4.79 Å². The first kappa shape index (κ1) is 19.0. The standard InChI is InChI=1S/C17H14N6O4S/c24-16(10-27-13-4-2-1-3-5-13)21-19-9-12-6-7-15(14(8-12)23(25)26)28-17-18-11-20-22-17/h1-9,11H,10H2,(H,21,24)(H,18,20,22)/b19-9-. The minimum absolute atomic E-state index is 0.107. The average molecular weight is 398 g/mol. The van der Waals surface area contributed by atoms with Crippen molar-refractivity contribution in [3.05, 3.63) is 70.5 Å². The second kappa shape index (κ2) is 9.28. The van der Waals surface area contributed by atoms with Crippen LogP contribution in [0.1, 0.15) is 5.56 Å². The van der Waals surface area contributed by atoms with E-state index in [1.165, 1.54) is 18.6 Å². The van der Waals surface area contributed by atoms with Gasteiger partial charge in [-0.15, -0.1) is 0 Å². The van der Waals surface area contributed by atoms with Crippen molar-refractivity contribution >= 4 is 29.6 Å². The Balaban J connectivity index is 1.59. The Bertz CT molecular complexity index is 979. The van der Waals surface area contributed by atoms with Gasteiger partial charge < -0.3 is 4.74 Å². The molecule has 142 valence electrons. The van der Waals surface area contributed by atoms with E-state index in [0.717, 1.165) is 11.8 Å². The number of benzene rings is 2. The molecule has 0 radical (unpaired) electrons. The lowest BCUT2D eigenvalue weighted by Crippen LogP contribution is -2.24. The number of H-pyrrole nitrogens is 1. The maximum atomic E-state index is 11.7. The minimum Gasteiger partial charge on any atom is -0.484 e. The number of nitrogens with one attached hydrogen (secondary N) is 2. The molecule has 2 aromatic carbocycles. The van der Waals surface area contributed by atoms with Crippen LogP contribution in [0.4, 0.5) is 5.69 Å². The van der Waals surface area contributed by atoms with Crippen LogP contribution in [0.15, 0.2) is 70.0 Å². The van der Waals surface area contributed by atoms with Crippen LogP contribution < -0.4 is 10.2 Å². The van der Waals surface area contributed by atoms with E-state index in [1.54, 1.807) is 36.4 Å². The lowest BCUT2D eigenvalue weighted by atomic mass is 10.2. The molecule has 0 aliphatic rings. The number of hydrazone groups is 1. The van der Waals surface area contributed by atoms with E-state index < -0.39 is 10.8 Å². The lowest BCUT2D eigenvalue weighted by Gasteiger charge is -2.04. The van der Waals surface area contributed by atoms with Gasteiger partial charge in [0.15, 0.2) is 11.8 Å². The molecule has 10 nitrogen and oxygen atoms in total. The van der Waals surface area contributed by atoms with Gasteiger partial charge in [0.1, 0.15) is 12.1 Å². The SMILES string of the molecule is O=C(COc1ccccc1)N/N=C\c1ccc(Sc2ncn[nH]2)c([N+](=O)[O-])c1. The number of ether oxygens (including phenoxy) is 1. The molecule has 0 saturated heterocycles. The molecule has 0 unspecified atom stereocenters. The van der Waals surface area contributed by atoms with E-state index >= 15 is 0 Å². The van der Waals surface area contributed by atoms with Crippen LogP contribution in [0.2, 0.25) is 0 Å². The Morgan fingerprint density at radius 2 is 2.14 bits per heavy atom. The number of aromatic nitrogens is 3. The van der Waals surface area contributed by atoms with Crippen molar-refractivity contribution in [3.63, 3.8) is 0 Å². The molecule has 2 N–H and O–H groups in total. The highest BCUT2D eigenvalue weighted by atomic mass is 32.2. The van der Waals surface area contributed by atoms with Gasteiger partial charge in [0.2, 0.25) is 0 Å². The first-order valence-electron chi connectivity index (χ1n) is 7.93. The Kier molecular flexibility index (Phi) is 6.31. The van der Waals surface area contributed by atoms with E-state index in [4.69, 9.17) is 4.74 Å². The molecule has 28 heavy (non-hydrogen) atoms. The zero-order chi connectivity index (χ0) is 19.8. The van der Waals surface area contributed by atoms with Crippen LogP contribution in [0.3, 0.4) is 0 Å². The van der Waals surface area contributed by atoms with Crippen LogP contribution in [0.25, 0.3) is 0 Å². The minimum atomic E-state index is -0.498. The molecule has 0 spiro atoms. The molecular weight excluding hydrogens is 384 g/mol. The first-order chi connectivity index (χ1) is 13.6. The monoisotopic (exact) mass is 398 g/mol. The number of nitro benzene ring substituents is 1. The highest BCUT2D eigenvalue weighted by molar-refractivity contribution is 7.99. The summed E-state index contributed by atoms with van der Waals surface area (Å²) in [4.78, 5) is 26.9. The third kappa shape index (κ3) is 5.38. The summed E-state index contributed by atoms with van der Waals surface area (Å²) in [6.45, 7) is -0.200. The van der Waals surface area contributed by atoms with Crippen LogP contribution in [0.5, 0.6) is 5.75 Å². The van der Waals surface area contributed by atoms with Crippen molar-refractivity contribution in [3.8, 4) is 5.75 Å².